The van der Waals surface area contributed by atoms with Gasteiger partial charge in [0, 0.05) is 17.1 Å². The van der Waals surface area contributed by atoms with Crippen LogP contribution in [0.4, 0.5) is 0 Å². The lowest BCUT2D eigenvalue weighted by Gasteiger charge is -2.01. The van der Waals surface area contributed by atoms with Crippen molar-refractivity contribution in [3.63, 3.8) is 0 Å². The lowest BCUT2D eigenvalue weighted by Crippen LogP contribution is -2.16. The molecule has 0 spiro atoms. The van der Waals surface area contributed by atoms with Gasteiger partial charge in [0.25, 0.3) is 0 Å². The van der Waals surface area contributed by atoms with E-state index in [0.29, 0.717) is 10.1 Å². The summed E-state index contributed by atoms with van der Waals surface area (Å²) >= 11 is 6.43. The molecule has 80 valence electrons. The van der Waals surface area contributed by atoms with Crippen LogP contribution in [0.15, 0.2) is 4.21 Å². The normalized spacial score (nSPS) is 15.8. The van der Waals surface area contributed by atoms with Gasteiger partial charge in [0.2, 0.25) is 0 Å². The summed E-state index contributed by atoms with van der Waals surface area (Å²) in [6.07, 6.45) is 0. The van der Waals surface area contributed by atoms with E-state index in [0.717, 1.165) is 10.7 Å². The van der Waals surface area contributed by atoms with Crippen molar-refractivity contribution in [2.45, 2.75) is 30.9 Å². The standard InChI is InChI=1S/C8H14N2OS3/c1-5(2)7-10-6(3)8(13-7)14(11,12)9-4/h5,9H,1-4H3. The van der Waals surface area contributed by atoms with Gasteiger partial charge in [0.05, 0.1) is 10.7 Å². The quantitative estimate of drug-likeness (QED) is 0.889. The maximum absolute atomic E-state index is 11.9. The highest BCUT2D eigenvalue weighted by Crippen LogP contribution is 2.27. The first-order valence-electron chi connectivity index (χ1n) is 4.29. The van der Waals surface area contributed by atoms with E-state index in [1.807, 2.05) is 6.92 Å². The van der Waals surface area contributed by atoms with E-state index >= 15 is 0 Å². The van der Waals surface area contributed by atoms with Crippen molar-refractivity contribution in [1.29, 1.82) is 0 Å². The molecule has 0 aliphatic carbocycles. The summed E-state index contributed by atoms with van der Waals surface area (Å²) in [7, 11) is -0.888. The Morgan fingerprint density at radius 1 is 1.57 bits per heavy atom. The second-order valence-electron chi connectivity index (χ2n) is 3.29. The number of aryl methyl sites for hydroxylation is 1. The monoisotopic (exact) mass is 250 g/mol. The van der Waals surface area contributed by atoms with Gasteiger partial charge in [-0.05, 0) is 14.0 Å². The average Bonchev–Trinajstić information content (AvgIpc) is 2.48. The predicted molar refractivity (Wildman–Crippen MR) is 63.8 cm³/mol. The number of thiazole rings is 1. The maximum Gasteiger partial charge on any atom is 0.131 e. The Labute approximate surface area is 93.8 Å². The summed E-state index contributed by atoms with van der Waals surface area (Å²) in [5.41, 5.74) is 0.785. The van der Waals surface area contributed by atoms with Crippen LogP contribution < -0.4 is 4.72 Å². The van der Waals surface area contributed by atoms with E-state index in [4.69, 9.17) is 11.2 Å². The fourth-order valence-electron chi connectivity index (χ4n) is 0.992. The minimum atomic E-state index is -2.50. The number of hydrogen-bond acceptors (Lipinski definition) is 4. The molecule has 1 N–H and O–H groups in total. The van der Waals surface area contributed by atoms with Gasteiger partial charge in [-0.2, -0.15) is 0 Å². The molecular weight excluding hydrogens is 236 g/mol. The second-order valence-corrected chi connectivity index (χ2v) is 7.81. The molecule has 0 aliphatic heterocycles. The summed E-state index contributed by atoms with van der Waals surface area (Å²) in [5, 5.41) is 0.991. The van der Waals surface area contributed by atoms with Crippen molar-refractivity contribution >= 4 is 31.2 Å². The molecule has 1 unspecified atom stereocenters. The molecule has 0 bridgehead atoms. The van der Waals surface area contributed by atoms with Crippen molar-refractivity contribution in [2.24, 2.45) is 0 Å². The molecule has 1 aromatic rings. The van der Waals surface area contributed by atoms with Crippen molar-refractivity contribution in [1.82, 2.24) is 9.71 Å². The number of nitrogens with zero attached hydrogens (tertiary/aromatic N) is 1. The second kappa shape index (κ2) is 4.22. The molecule has 0 amide bonds. The van der Waals surface area contributed by atoms with Crippen LogP contribution in [0, 0.1) is 6.92 Å². The zero-order chi connectivity index (χ0) is 10.9. The van der Waals surface area contributed by atoms with Crippen LogP contribution in [0.5, 0.6) is 0 Å². The van der Waals surface area contributed by atoms with Crippen molar-refractivity contribution < 1.29 is 4.21 Å². The van der Waals surface area contributed by atoms with Crippen molar-refractivity contribution in [2.75, 3.05) is 7.05 Å². The Kier molecular flexibility index (Phi) is 3.63. The number of aromatic nitrogens is 1. The fraction of sp³-hybridized carbons (Fsp3) is 0.625. The first-order chi connectivity index (χ1) is 6.38. The number of nitrogens with one attached hydrogen (secondary N) is 1. The molecule has 0 fully saturated rings. The van der Waals surface area contributed by atoms with Crippen LogP contribution in [0.25, 0.3) is 0 Å². The van der Waals surface area contributed by atoms with E-state index in [2.05, 4.69) is 23.6 Å². The van der Waals surface area contributed by atoms with Crippen LogP contribution in [-0.4, -0.2) is 16.2 Å². The molecule has 1 rings (SSSR count). The van der Waals surface area contributed by atoms with E-state index < -0.39 is 8.68 Å². The third kappa shape index (κ3) is 2.31. The van der Waals surface area contributed by atoms with Gasteiger partial charge in [-0.15, -0.1) is 11.3 Å². The van der Waals surface area contributed by atoms with Gasteiger partial charge in [0.1, 0.15) is 12.9 Å². The van der Waals surface area contributed by atoms with Crippen LogP contribution in [0.3, 0.4) is 0 Å². The molecule has 0 saturated carbocycles. The number of hydrogen-bond donors (Lipinski definition) is 1. The fourth-order valence-corrected chi connectivity index (χ4v) is 4.03. The van der Waals surface area contributed by atoms with Crippen molar-refractivity contribution in [3.05, 3.63) is 10.7 Å². The van der Waals surface area contributed by atoms with E-state index in [1.165, 1.54) is 11.3 Å². The molecule has 6 heteroatoms. The lowest BCUT2D eigenvalue weighted by atomic mass is 10.2. The van der Waals surface area contributed by atoms with E-state index in [1.54, 1.807) is 7.05 Å². The topological polar surface area (TPSA) is 42.0 Å². The Bertz CT molecular complexity index is 420. The van der Waals surface area contributed by atoms with Crippen molar-refractivity contribution in [3.8, 4) is 0 Å². The average molecular weight is 250 g/mol. The third-order valence-corrected chi connectivity index (χ3v) is 6.62. The summed E-state index contributed by atoms with van der Waals surface area (Å²) in [5.74, 6) is 0.356. The van der Waals surface area contributed by atoms with Gasteiger partial charge in [0.15, 0.2) is 0 Å². The molecule has 14 heavy (non-hydrogen) atoms. The lowest BCUT2D eigenvalue weighted by molar-refractivity contribution is 0.677. The number of rotatable bonds is 3. The maximum atomic E-state index is 11.9. The highest BCUT2D eigenvalue weighted by atomic mass is 32.8. The smallest absolute Gasteiger partial charge is 0.131 e. The van der Waals surface area contributed by atoms with Crippen LogP contribution in [0.2, 0.25) is 0 Å². The summed E-state index contributed by atoms with van der Waals surface area (Å²) in [6, 6.07) is 0. The van der Waals surface area contributed by atoms with E-state index in [9.17, 15) is 4.21 Å². The Hall–Kier alpha value is -0.0400. The Balaban J connectivity index is 3.24. The molecule has 0 aliphatic rings. The minimum Gasteiger partial charge on any atom is -0.245 e. The van der Waals surface area contributed by atoms with Crippen LogP contribution in [-0.2, 0) is 19.9 Å². The van der Waals surface area contributed by atoms with Gasteiger partial charge in [-0.1, -0.05) is 13.8 Å². The van der Waals surface area contributed by atoms with Crippen LogP contribution in [0.1, 0.15) is 30.5 Å². The first-order valence-corrected chi connectivity index (χ1v) is 7.59. The zero-order valence-electron chi connectivity index (χ0n) is 8.66. The first kappa shape index (κ1) is 12.0. The SMILES string of the molecule is CNS(=O)(=S)c1sc(C(C)C)nc1C. The third-order valence-electron chi connectivity index (χ3n) is 1.78. The summed E-state index contributed by atoms with van der Waals surface area (Å²) < 4.78 is 15.2. The summed E-state index contributed by atoms with van der Waals surface area (Å²) in [6.45, 7) is 5.97. The molecule has 0 saturated heterocycles. The summed E-state index contributed by atoms with van der Waals surface area (Å²) in [4.78, 5) is 4.36. The molecule has 1 atom stereocenters. The Morgan fingerprint density at radius 3 is 2.50 bits per heavy atom. The highest BCUT2D eigenvalue weighted by molar-refractivity contribution is 8.32. The van der Waals surface area contributed by atoms with Crippen LogP contribution >= 0.6 is 11.3 Å². The zero-order valence-corrected chi connectivity index (χ0v) is 11.1. The molecule has 1 heterocycles. The Morgan fingerprint density at radius 2 is 2.14 bits per heavy atom. The predicted octanol–water partition coefficient (Wildman–Crippen LogP) is 1.81. The minimum absolute atomic E-state index is 0.356. The largest absolute Gasteiger partial charge is 0.245 e. The molecular formula is C8H14N2OS3. The van der Waals surface area contributed by atoms with Gasteiger partial charge in [-0.25, -0.2) is 13.9 Å². The van der Waals surface area contributed by atoms with Gasteiger partial charge in [-0.3, -0.25) is 0 Å². The van der Waals surface area contributed by atoms with Gasteiger partial charge >= 0.3 is 0 Å². The molecule has 3 nitrogen and oxygen atoms in total. The molecule has 1 aromatic heterocycles. The van der Waals surface area contributed by atoms with E-state index in [-0.39, 0.29) is 0 Å². The molecule has 0 radical (unpaired) electrons. The van der Waals surface area contributed by atoms with Gasteiger partial charge < -0.3 is 0 Å². The highest BCUT2D eigenvalue weighted by Gasteiger charge is 2.17. The molecule has 0 aromatic carbocycles.